The van der Waals surface area contributed by atoms with Crippen molar-refractivity contribution in [3.05, 3.63) is 50.8 Å². The van der Waals surface area contributed by atoms with Crippen LogP contribution in [0.15, 0.2) is 35.4 Å². The third-order valence-corrected chi connectivity index (χ3v) is 6.51. The van der Waals surface area contributed by atoms with Gasteiger partial charge in [-0.25, -0.2) is 4.98 Å². The summed E-state index contributed by atoms with van der Waals surface area (Å²) in [5.74, 6) is -0.738. The Bertz CT molecular complexity index is 1170. The van der Waals surface area contributed by atoms with E-state index in [0.717, 1.165) is 19.9 Å². The molecule has 0 saturated carbocycles. The molecule has 1 unspecified atom stereocenters. The topological polar surface area (TPSA) is 55.2 Å². The molecule has 10 heteroatoms. The van der Waals surface area contributed by atoms with Gasteiger partial charge < -0.3 is 4.90 Å². The minimum absolute atomic E-state index is 0.0288. The van der Waals surface area contributed by atoms with E-state index in [1.54, 1.807) is 24.3 Å². The fourth-order valence-electron chi connectivity index (χ4n) is 3.86. The van der Waals surface area contributed by atoms with Crippen LogP contribution >= 0.6 is 22.9 Å². The Kier molecular flexibility index (Phi) is 5.36. The van der Waals surface area contributed by atoms with Crippen molar-refractivity contribution >= 4 is 39.1 Å². The molecule has 0 radical (unpaired) electrons. The highest BCUT2D eigenvalue weighted by Crippen LogP contribution is 2.36. The summed E-state index contributed by atoms with van der Waals surface area (Å²) >= 11 is 7.30. The summed E-state index contributed by atoms with van der Waals surface area (Å²) in [6, 6.07) is 5.20. The SMILES string of the molecule is Cc1sc2ncn(CC(=O)N3CCCC3C(F)(F)F)c(=O)c2c1-c1ccc(Cl)cc1. The van der Waals surface area contributed by atoms with E-state index in [2.05, 4.69) is 4.98 Å². The lowest BCUT2D eigenvalue weighted by Gasteiger charge is -2.26. The first-order valence-corrected chi connectivity index (χ1v) is 10.5. The van der Waals surface area contributed by atoms with Gasteiger partial charge in [0.1, 0.15) is 17.4 Å². The minimum Gasteiger partial charge on any atom is -0.329 e. The molecular formula is C20H17ClF3N3O2S. The number of aromatic nitrogens is 2. The average Bonchev–Trinajstić information content (AvgIpc) is 3.29. The number of benzene rings is 1. The Labute approximate surface area is 178 Å². The third kappa shape index (κ3) is 3.72. The van der Waals surface area contributed by atoms with E-state index >= 15 is 0 Å². The molecule has 0 aliphatic carbocycles. The zero-order valence-electron chi connectivity index (χ0n) is 15.9. The predicted molar refractivity (Wildman–Crippen MR) is 110 cm³/mol. The number of rotatable bonds is 3. The van der Waals surface area contributed by atoms with Crippen LogP contribution in [0, 0.1) is 6.92 Å². The molecule has 4 rings (SSSR count). The van der Waals surface area contributed by atoms with Crippen LogP contribution in [0.1, 0.15) is 17.7 Å². The first kappa shape index (κ1) is 20.9. The fourth-order valence-corrected chi connectivity index (χ4v) is 4.99. The molecule has 0 spiro atoms. The van der Waals surface area contributed by atoms with E-state index in [4.69, 9.17) is 11.6 Å². The lowest BCUT2D eigenvalue weighted by atomic mass is 10.0. The molecule has 158 valence electrons. The second-order valence-electron chi connectivity index (χ2n) is 7.18. The van der Waals surface area contributed by atoms with Gasteiger partial charge in [-0.15, -0.1) is 11.3 Å². The van der Waals surface area contributed by atoms with Crippen LogP contribution in [0.25, 0.3) is 21.3 Å². The van der Waals surface area contributed by atoms with Crippen molar-refractivity contribution in [1.29, 1.82) is 0 Å². The molecule has 0 bridgehead atoms. The summed E-state index contributed by atoms with van der Waals surface area (Å²) < 4.78 is 40.6. The second-order valence-corrected chi connectivity index (χ2v) is 8.82. The molecular weight excluding hydrogens is 439 g/mol. The summed E-state index contributed by atoms with van der Waals surface area (Å²) in [4.78, 5) is 32.2. The van der Waals surface area contributed by atoms with E-state index in [0.29, 0.717) is 20.8 Å². The maximum absolute atomic E-state index is 13.2. The van der Waals surface area contributed by atoms with Gasteiger partial charge in [0.05, 0.1) is 11.7 Å². The number of likely N-dealkylation sites (tertiary alicyclic amines) is 1. The molecule has 1 aliphatic rings. The van der Waals surface area contributed by atoms with Gasteiger partial charge in [0.15, 0.2) is 0 Å². The van der Waals surface area contributed by atoms with Gasteiger partial charge in [0, 0.05) is 22.0 Å². The zero-order chi connectivity index (χ0) is 21.6. The van der Waals surface area contributed by atoms with Crippen LogP contribution in [0.2, 0.25) is 5.02 Å². The van der Waals surface area contributed by atoms with Crippen molar-refractivity contribution in [2.24, 2.45) is 0 Å². The van der Waals surface area contributed by atoms with Crippen molar-refractivity contribution in [1.82, 2.24) is 14.5 Å². The first-order valence-electron chi connectivity index (χ1n) is 9.27. The van der Waals surface area contributed by atoms with E-state index < -0.39 is 30.2 Å². The number of carbonyl (C=O) groups is 1. The number of amides is 1. The number of hydrogen-bond donors (Lipinski definition) is 0. The summed E-state index contributed by atoms with van der Waals surface area (Å²) in [6.07, 6.45) is -3.09. The van der Waals surface area contributed by atoms with Gasteiger partial charge in [-0.1, -0.05) is 23.7 Å². The Morgan fingerprint density at radius 3 is 2.67 bits per heavy atom. The molecule has 1 amide bonds. The normalized spacial score (nSPS) is 17.1. The minimum atomic E-state index is -4.48. The standard InChI is InChI=1S/C20H17ClF3N3O2S/c1-11-16(12-4-6-13(21)7-5-12)17-18(30-11)25-10-26(19(17)29)9-15(28)27-8-2-3-14(27)20(22,23)24/h4-7,10,14H,2-3,8-9H2,1H3. The van der Waals surface area contributed by atoms with Crippen molar-refractivity contribution in [2.75, 3.05) is 6.54 Å². The molecule has 1 atom stereocenters. The van der Waals surface area contributed by atoms with E-state index in [-0.39, 0.29) is 19.4 Å². The Morgan fingerprint density at radius 1 is 1.30 bits per heavy atom. The number of aryl methyl sites for hydroxylation is 1. The molecule has 5 nitrogen and oxygen atoms in total. The first-order chi connectivity index (χ1) is 14.2. The smallest absolute Gasteiger partial charge is 0.329 e. The van der Waals surface area contributed by atoms with Crippen molar-refractivity contribution in [2.45, 2.75) is 38.5 Å². The van der Waals surface area contributed by atoms with Gasteiger partial charge in [0.25, 0.3) is 5.56 Å². The molecule has 30 heavy (non-hydrogen) atoms. The van der Waals surface area contributed by atoms with Gasteiger partial charge in [-0.05, 0) is 37.5 Å². The molecule has 2 aromatic heterocycles. The summed E-state index contributed by atoms with van der Waals surface area (Å²) in [6.45, 7) is 1.41. The molecule has 1 fully saturated rings. The van der Waals surface area contributed by atoms with E-state index in [1.807, 2.05) is 6.92 Å². The predicted octanol–water partition coefficient (Wildman–Crippen LogP) is 4.64. The summed E-state index contributed by atoms with van der Waals surface area (Å²) in [7, 11) is 0. The second kappa shape index (κ2) is 7.70. The lowest BCUT2D eigenvalue weighted by Crippen LogP contribution is -2.46. The van der Waals surface area contributed by atoms with Crippen LogP contribution in [0.5, 0.6) is 0 Å². The highest BCUT2D eigenvalue weighted by Gasteiger charge is 2.47. The van der Waals surface area contributed by atoms with Crippen LogP contribution < -0.4 is 5.56 Å². The van der Waals surface area contributed by atoms with E-state index in [1.165, 1.54) is 17.7 Å². The van der Waals surface area contributed by atoms with Crippen LogP contribution in [-0.2, 0) is 11.3 Å². The number of nitrogens with zero attached hydrogens (tertiary/aromatic N) is 3. The van der Waals surface area contributed by atoms with Crippen molar-refractivity contribution in [3.8, 4) is 11.1 Å². The fraction of sp³-hybridized carbons (Fsp3) is 0.350. The number of fused-ring (bicyclic) bond motifs is 1. The Balaban J connectivity index is 1.72. The molecule has 1 aliphatic heterocycles. The largest absolute Gasteiger partial charge is 0.408 e. The number of alkyl halides is 3. The Morgan fingerprint density at radius 2 is 2.00 bits per heavy atom. The maximum atomic E-state index is 13.2. The average molecular weight is 456 g/mol. The van der Waals surface area contributed by atoms with Crippen LogP contribution in [-0.4, -0.2) is 39.1 Å². The number of hydrogen-bond acceptors (Lipinski definition) is 4. The van der Waals surface area contributed by atoms with Crippen molar-refractivity contribution in [3.63, 3.8) is 0 Å². The third-order valence-electron chi connectivity index (χ3n) is 5.24. The highest BCUT2D eigenvalue weighted by molar-refractivity contribution is 7.19. The summed E-state index contributed by atoms with van der Waals surface area (Å²) in [5, 5.41) is 0.908. The maximum Gasteiger partial charge on any atom is 0.408 e. The van der Waals surface area contributed by atoms with Gasteiger partial charge >= 0.3 is 6.18 Å². The lowest BCUT2D eigenvalue weighted by molar-refractivity contribution is -0.183. The van der Waals surface area contributed by atoms with Gasteiger partial charge in [-0.2, -0.15) is 13.2 Å². The Hall–Kier alpha value is -2.39. The van der Waals surface area contributed by atoms with Crippen LogP contribution in [0.4, 0.5) is 13.2 Å². The van der Waals surface area contributed by atoms with Crippen molar-refractivity contribution < 1.29 is 18.0 Å². The monoisotopic (exact) mass is 455 g/mol. The molecule has 3 aromatic rings. The molecule has 1 aromatic carbocycles. The van der Waals surface area contributed by atoms with Crippen LogP contribution in [0.3, 0.4) is 0 Å². The number of halogens is 4. The zero-order valence-corrected chi connectivity index (χ0v) is 17.4. The summed E-state index contributed by atoms with van der Waals surface area (Å²) in [5.41, 5.74) is 1.02. The van der Waals surface area contributed by atoms with Gasteiger partial charge in [-0.3, -0.25) is 14.2 Å². The molecule has 3 heterocycles. The van der Waals surface area contributed by atoms with E-state index in [9.17, 15) is 22.8 Å². The quantitative estimate of drug-likeness (QED) is 0.578. The van der Waals surface area contributed by atoms with Gasteiger partial charge in [0.2, 0.25) is 5.91 Å². The number of carbonyl (C=O) groups excluding carboxylic acids is 1. The molecule has 1 saturated heterocycles. The molecule has 0 N–H and O–H groups in total. The highest BCUT2D eigenvalue weighted by atomic mass is 35.5. The number of thiophene rings is 1.